The number of nitrogens with zero attached hydrogens (tertiary/aromatic N) is 1. The second-order valence-electron chi connectivity index (χ2n) is 5.37. The fourth-order valence-corrected chi connectivity index (χ4v) is 3.22. The fourth-order valence-electron chi connectivity index (χ4n) is 3.22. The number of ether oxygens (including phenoxy) is 2. The maximum Gasteiger partial charge on any atom is 0.337 e. The monoisotopic (exact) mass is 325 g/mol. The number of amides is 1. The molecule has 1 atom stereocenters. The molecular formula is C17H15N3O4. The van der Waals surface area contributed by atoms with Crippen molar-refractivity contribution in [3.63, 3.8) is 0 Å². The third kappa shape index (κ3) is 1.83. The SMILES string of the molecule is CCOC(=O)C1=C(C)NC(=O)[C@@]12C(C#N)=C(N)Oc1ccccc12. The summed E-state index contributed by atoms with van der Waals surface area (Å²) in [6.07, 6.45) is 0. The molecule has 0 bridgehead atoms. The molecule has 1 aromatic rings. The van der Waals surface area contributed by atoms with Crippen LogP contribution >= 0.6 is 0 Å². The van der Waals surface area contributed by atoms with Gasteiger partial charge < -0.3 is 20.5 Å². The Balaban J connectivity index is 2.39. The van der Waals surface area contributed by atoms with Crippen molar-refractivity contribution in [3.05, 3.63) is 52.6 Å². The summed E-state index contributed by atoms with van der Waals surface area (Å²) in [6.45, 7) is 3.39. The first kappa shape index (κ1) is 15.6. The van der Waals surface area contributed by atoms with Crippen molar-refractivity contribution in [2.45, 2.75) is 19.3 Å². The van der Waals surface area contributed by atoms with Crippen molar-refractivity contribution < 1.29 is 19.1 Å². The highest BCUT2D eigenvalue weighted by molar-refractivity contribution is 6.12. The van der Waals surface area contributed by atoms with Crippen LogP contribution in [0.1, 0.15) is 19.4 Å². The standard InChI is InChI=1S/C17H15N3O4/c1-3-23-15(21)13-9(2)20-16(22)17(13)10-6-4-5-7-12(10)24-14(19)11(17)8-18/h4-7H,3,19H2,1-2H3,(H,20,22)/t17-/m0/s1. The lowest BCUT2D eigenvalue weighted by molar-refractivity contribution is -0.140. The maximum atomic E-state index is 12.9. The Morgan fingerprint density at radius 1 is 1.46 bits per heavy atom. The van der Waals surface area contributed by atoms with Crippen LogP contribution in [0.4, 0.5) is 0 Å². The smallest absolute Gasteiger partial charge is 0.337 e. The summed E-state index contributed by atoms with van der Waals surface area (Å²) in [5.41, 5.74) is 4.87. The van der Waals surface area contributed by atoms with E-state index in [2.05, 4.69) is 5.32 Å². The molecule has 3 N–H and O–H groups in total. The van der Waals surface area contributed by atoms with Gasteiger partial charge in [-0.25, -0.2) is 4.79 Å². The van der Waals surface area contributed by atoms with Crippen LogP contribution in [0.5, 0.6) is 5.75 Å². The zero-order valence-corrected chi connectivity index (χ0v) is 13.2. The first-order chi connectivity index (χ1) is 11.5. The van der Waals surface area contributed by atoms with Crippen LogP contribution < -0.4 is 15.8 Å². The number of carbonyl (C=O) groups excluding carboxylic acids is 2. The molecule has 0 saturated heterocycles. The van der Waals surface area contributed by atoms with E-state index in [9.17, 15) is 14.9 Å². The Morgan fingerprint density at radius 3 is 2.83 bits per heavy atom. The van der Waals surface area contributed by atoms with Gasteiger partial charge in [-0.1, -0.05) is 18.2 Å². The highest BCUT2D eigenvalue weighted by Crippen LogP contribution is 2.51. The third-order valence-corrected chi connectivity index (χ3v) is 4.12. The highest BCUT2D eigenvalue weighted by atomic mass is 16.5. The molecule has 0 aliphatic carbocycles. The predicted octanol–water partition coefficient (Wildman–Crippen LogP) is 0.978. The summed E-state index contributed by atoms with van der Waals surface area (Å²) >= 11 is 0. The van der Waals surface area contributed by atoms with Crippen molar-refractivity contribution in [2.75, 3.05) is 6.61 Å². The first-order valence-electron chi connectivity index (χ1n) is 7.36. The fraction of sp³-hybridized carbons (Fsp3) is 0.235. The molecule has 1 aromatic carbocycles. The van der Waals surface area contributed by atoms with Crippen molar-refractivity contribution in [1.29, 1.82) is 5.26 Å². The van der Waals surface area contributed by atoms with Crippen molar-refractivity contribution in [3.8, 4) is 11.8 Å². The number of rotatable bonds is 2. The van der Waals surface area contributed by atoms with Crippen LogP contribution in [0.2, 0.25) is 0 Å². The van der Waals surface area contributed by atoms with E-state index in [4.69, 9.17) is 15.2 Å². The molecule has 2 heterocycles. The summed E-state index contributed by atoms with van der Waals surface area (Å²) < 4.78 is 10.6. The molecule has 24 heavy (non-hydrogen) atoms. The Hall–Kier alpha value is -3.27. The highest BCUT2D eigenvalue weighted by Gasteiger charge is 2.59. The number of benzene rings is 1. The van der Waals surface area contributed by atoms with Gasteiger partial charge in [0, 0.05) is 11.3 Å². The number of esters is 1. The molecule has 3 rings (SSSR count). The van der Waals surface area contributed by atoms with Crippen LogP contribution in [0, 0.1) is 11.3 Å². The van der Waals surface area contributed by atoms with Crippen molar-refractivity contribution in [1.82, 2.24) is 5.32 Å². The number of allylic oxidation sites excluding steroid dienone is 1. The van der Waals surface area contributed by atoms with Gasteiger partial charge in [0.25, 0.3) is 0 Å². The Kier molecular flexibility index (Phi) is 3.53. The van der Waals surface area contributed by atoms with Gasteiger partial charge in [-0.2, -0.15) is 5.26 Å². The second-order valence-corrected chi connectivity index (χ2v) is 5.37. The van der Waals surface area contributed by atoms with E-state index in [0.29, 0.717) is 17.0 Å². The molecule has 0 unspecified atom stereocenters. The van der Waals surface area contributed by atoms with E-state index in [1.165, 1.54) is 0 Å². The van der Waals surface area contributed by atoms with Gasteiger partial charge in [0.1, 0.15) is 17.4 Å². The van der Waals surface area contributed by atoms with Crippen LogP contribution in [-0.4, -0.2) is 18.5 Å². The molecule has 7 nitrogen and oxygen atoms in total. The molecule has 0 aromatic heterocycles. The third-order valence-electron chi connectivity index (χ3n) is 4.12. The lowest BCUT2D eigenvalue weighted by Crippen LogP contribution is -2.46. The Morgan fingerprint density at radius 2 is 2.17 bits per heavy atom. The van der Waals surface area contributed by atoms with Crippen LogP contribution in [0.3, 0.4) is 0 Å². The molecular weight excluding hydrogens is 310 g/mol. The number of para-hydroxylation sites is 1. The van der Waals surface area contributed by atoms with E-state index in [1.54, 1.807) is 38.1 Å². The minimum absolute atomic E-state index is 0.0598. The van der Waals surface area contributed by atoms with Gasteiger partial charge in [-0.15, -0.1) is 0 Å². The van der Waals surface area contributed by atoms with E-state index < -0.39 is 17.3 Å². The van der Waals surface area contributed by atoms with E-state index in [-0.39, 0.29) is 23.6 Å². The minimum Gasteiger partial charge on any atom is -0.463 e. The molecule has 0 radical (unpaired) electrons. The molecule has 2 aliphatic heterocycles. The molecule has 1 amide bonds. The minimum atomic E-state index is -1.66. The predicted molar refractivity (Wildman–Crippen MR) is 83.1 cm³/mol. The number of hydrogen-bond acceptors (Lipinski definition) is 6. The van der Waals surface area contributed by atoms with Crippen LogP contribution in [0.15, 0.2) is 47.0 Å². The van der Waals surface area contributed by atoms with Crippen LogP contribution in [0.25, 0.3) is 0 Å². The molecule has 7 heteroatoms. The summed E-state index contributed by atoms with van der Waals surface area (Å²) in [5, 5.41) is 12.3. The average Bonchev–Trinajstić information content (AvgIpc) is 2.79. The van der Waals surface area contributed by atoms with Gasteiger partial charge in [0.15, 0.2) is 5.41 Å². The van der Waals surface area contributed by atoms with Gasteiger partial charge in [0.2, 0.25) is 11.8 Å². The van der Waals surface area contributed by atoms with E-state index in [0.717, 1.165) is 0 Å². The summed E-state index contributed by atoms with van der Waals surface area (Å²) in [4.78, 5) is 25.5. The first-order valence-corrected chi connectivity index (χ1v) is 7.36. The second kappa shape index (κ2) is 5.42. The van der Waals surface area contributed by atoms with Crippen LogP contribution in [-0.2, 0) is 19.7 Å². The van der Waals surface area contributed by atoms with Crippen molar-refractivity contribution >= 4 is 11.9 Å². The van der Waals surface area contributed by atoms with Crippen molar-refractivity contribution in [2.24, 2.45) is 5.73 Å². The summed E-state index contributed by atoms with van der Waals surface area (Å²) in [7, 11) is 0. The Labute approximate surface area is 138 Å². The quantitative estimate of drug-likeness (QED) is 0.783. The average molecular weight is 325 g/mol. The zero-order valence-electron chi connectivity index (χ0n) is 13.2. The molecule has 0 saturated carbocycles. The van der Waals surface area contributed by atoms with Gasteiger partial charge in [-0.05, 0) is 19.9 Å². The number of carbonyl (C=O) groups is 2. The number of nitrogens with one attached hydrogen (secondary N) is 1. The number of nitrogens with two attached hydrogens (primary N) is 1. The lowest BCUT2D eigenvalue weighted by Gasteiger charge is -2.34. The van der Waals surface area contributed by atoms with Gasteiger partial charge in [0.05, 0.1) is 12.2 Å². The number of hydrogen-bond donors (Lipinski definition) is 2. The zero-order chi connectivity index (χ0) is 17.5. The van der Waals surface area contributed by atoms with E-state index in [1.807, 2.05) is 6.07 Å². The molecule has 2 aliphatic rings. The molecule has 1 spiro atoms. The maximum absolute atomic E-state index is 12.9. The Bertz CT molecular complexity index is 863. The van der Waals surface area contributed by atoms with Gasteiger partial charge in [-0.3, -0.25) is 4.79 Å². The molecule has 0 fully saturated rings. The lowest BCUT2D eigenvalue weighted by atomic mass is 9.68. The normalized spacial score (nSPS) is 22.0. The van der Waals surface area contributed by atoms with Gasteiger partial charge >= 0.3 is 5.97 Å². The van der Waals surface area contributed by atoms with E-state index >= 15 is 0 Å². The largest absolute Gasteiger partial charge is 0.463 e. The number of nitriles is 1. The number of fused-ring (bicyclic) bond motifs is 2. The molecule has 122 valence electrons. The summed E-state index contributed by atoms with van der Waals surface area (Å²) in [6, 6.07) is 8.61. The summed E-state index contributed by atoms with van der Waals surface area (Å²) in [5.74, 6) is -1.09. The topological polar surface area (TPSA) is 114 Å².